The van der Waals surface area contributed by atoms with Gasteiger partial charge in [0.05, 0.1) is 32.5 Å². The van der Waals surface area contributed by atoms with Crippen LogP contribution in [-0.2, 0) is 40.6 Å². The van der Waals surface area contributed by atoms with Gasteiger partial charge >= 0.3 is 0 Å². The van der Waals surface area contributed by atoms with E-state index in [1.54, 1.807) is 6.08 Å². The summed E-state index contributed by atoms with van der Waals surface area (Å²) in [5.41, 5.74) is 4.22. The predicted molar refractivity (Wildman–Crippen MR) is 165 cm³/mol. The monoisotopic (exact) mass is 565 g/mol. The van der Waals surface area contributed by atoms with E-state index in [1.807, 2.05) is 97.1 Å². The molecule has 0 saturated carbocycles. The minimum absolute atomic E-state index is 0.254. The van der Waals surface area contributed by atoms with Gasteiger partial charge in [-0.3, -0.25) is 4.90 Å². The lowest BCUT2D eigenvalue weighted by atomic mass is 9.86. The van der Waals surface area contributed by atoms with Crippen molar-refractivity contribution in [2.45, 2.75) is 63.2 Å². The highest BCUT2D eigenvalue weighted by molar-refractivity contribution is 5.18. The Kier molecular flexibility index (Phi) is 11.1. The number of hydrogen-bond donors (Lipinski definition) is 0. The Morgan fingerprint density at radius 1 is 0.595 bits per heavy atom. The van der Waals surface area contributed by atoms with Crippen LogP contribution in [0.15, 0.2) is 134 Å². The molecule has 0 aromatic heterocycles. The Labute approximate surface area is 249 Å². The summed E-state index contributed by atoms with van der Waals surface area (Å²) in [5, 5.41) is 0. The molecule has 0 spiro atoms. The first-order valence-corrected chi connectivity index (χ1v) is 14.7. The van der Waals surface area contributed by atoms with Crippen molar-refractivity contribution < 1.29 is 18.6 Å². The van der Waals surface area contributed by atoms with Gasteiger partial charge in [-0.2, -0.15) is 0 Å². The molecule has 218 valence electrons. The zero-order valence-electron chi connectivity index (χ0n) is 24.0. The smallest absolute Gasteiger partial charge is 0.145 e. The molecule has 1 fully saturated rings. The maximum atomic E-state index is 16.8. The van der Waals surface area contributed by atoms with Crippen molar-refractivity contribution >= 4 is 0 Å². The van der Waals surface area contributed by atoms with E-state index in [2.05, 4.69) is 35.7 Å². The van der Waals surface area contributed by atoms with Crippen LogP contribution >= 0.6 is 0 Å². The fourth-order valence-electron chi connectivity index (χ4n) is 5.69. The number of nitrogens with zero attached hydrogens (tertiary/aromatic N) is 1. The van der Waals surface area contributed by atoms with E-state index in [-0.39, 0.29) is 6.04 Å². The molecule has 0 N–H and O–H groups in total. The van der Waals surface area contributed by atoms with Crippen molar-refractivity contribution in [1.29, 1.82) is 0 Å². The molecule has 4 nitrogen and oxygen atoms in total. The molecule has 0 aliphatic carbocycles. The van der Waals surface area contributed by atoms with Crippen molar-refractivity contribution in [2.24, 2.45) is 0 Å². The normalized spacial score (nSPS) is 22.5. The number of rotatable bonds is 14. The highest BCUT2D eigenvalue weighted by Gasteiger charge is 2.50. The van der Waals surface area contributed by atoms with Gasteiger partial charge in [-0.05, 0) is 28.7 Å². The van der Waals surface area contributed by atoms with Crippen LogP contribution in [0.4, 0.5) is 4.39 Å². The summed E-state index contributed by atoms with van der Waals surface area (Å²) in [6, 6.07) is 39.5. The van der Waals surface area contributed by atoms with Crippen LogP contribution in [-0.4, -0.2) is 42.0 Å². The predicted octanol–water partition coefficient (Wildman–Crippen LogP) is 7.54. The van der Waals surface area contributed by atoms with Gasteiger partial charge in [0, 0.05) is 12.6 Å². The Hall–Kier alpha value is -3.61. The molecule has 0 amide bonds. The van der Waals surface area contributed by atoms with E-state index in [4.69, 9.17) is 14.2 Å². The van der Waals surface area contributed by atoms with Crippen molar-refractivity contribution in [3.8, 4) is 0 Å². The minimum atomic E-state index is -1.29. The molecular weight excluding hydrogens is 525 g/mol. The minimum Gasteiger partial charge on any atom is -0.375 e. The molecule has 4 aromatic rings. The molecule has 42 heavy (non-hydrogen) atoms. The van der Waals surface area contributed by atoms with E-state index in [1.165, 1.54) is 0 Å². The molecule has 1 aliphatic rings. The van der Waals surface area contributed by atoms with E-state index in [9.17, 15) is 0 Å². The number of hydrogen-bond acceptors (Lipinski definition) is 4. The van der Waals surface area contributed by atoms with E-state index >= 15 is 4.39 Å². The molecule has 1 saturated heterocycles. The molecule has 0 radical (unpaired) electrons. The first-order chi connectivity index (χ1) is 20.7. The van der Waals surface area contributed by atoms with Gasteiger partial charge in [0.1, 0.15) is 18.4 Å². The van der Waals surface area contributed by atoms with Crippen LogP contribution in [0.5, 0.6) is 0 Å². The maximum absolute atomic E-state index is 16.8. The molecule has 1 heterocycles. The zero-order valence-corrected chi connectivity index (χ0v) is 24.0. The number of ether oxygens (including phenoxy) is 3. The van der Waals surface area contributed by atoms with Crippen LogP contribution in [0, 0.1) is 0 Å². The third-order valence-electron chi connectivity index (χ3n) is 7.82. The Morgan fingerprint density at radius 2 is 1.05 bits per heavy atom. The standard InChI is InChI=1S/C37H40FNO3/c1-2-15-33-35(38)37(42-27-32-22-13-6-14-23-32)36(41-26-31-20-11-5-12-21-31)34(28-40-25-30-18-9-4-10-19-30)39(33)24-29-16-7-3-8-17-29/h2-14,16-23,33-37H,1,15,24-28H2/t33-,34-,35+,36-,37-/m1/s1. The highest BCUT2D eigenvalue weighted by atomic mass is 19.1. The summed E-state index contributed by atoms with van der Waals surface area (Å²) in [6.45, 7) is 6.02. The molecule has 0 unspecified atom stereocenters. The van der Waals surface area contributed by atoms with Gasteiger partial charge in [0.25, 0.3) is 0 Å². The van der Waals surface area contributed by atoms with Gasteiger partial charge < -0.3 is 14.2 Å². The SMILES string of the molecule is C=CC[C@@H]1[C@H](F)[C@@H](OCc2ccccc2)[C@H](OCc2ccccc2)[C@@H](COCc2ccccc2)N1Cc1ccccc1. The number of benzene rings is 4. The van der Waals surface area contributed by atoms with Crippen LogP contribution in [0.1, 0.15) is 28.7 Å². The fourth-order valence-corrected chi connectivity index (χ4v) is 5.69. The topological polar surface area (TPSA) is 30.9 Å². The average Bonchev–Trinajstić information content (AvgIpc) is 3.04. The lowest BCUT2D eigenvalue weighted by Gasteiger charge is -2.51. The molecule has 5 heteroatoms. The van der Waals surface area contributed by atoms with Gasteiger partial charge in [0.15, 0.2) is 0 Å². The zero-order chi connectivity index (χ0) is 29.0. The van der Waals surface area contributed by atoms with Crippen LogP contribution in [0.2, 0.25) is 0 Å². The van der Waals surface area contributed by atoms with E-state index < -0.39 is 24.4 Å². The first-order valence-electron chi connectivity index (χ1n) is 14.7. The second kappa shape index (κ2) is 15.6. The third kappa shape index (κ3) is 8.02. The van der Waals surface area contributed by atoms with Gasteiger partial charge in [-0.25, -0.2) is 4.39 Å². The summed E-state index contributed by atoms with van der Waals surface area (Å²) >= 11 is 0. The summed E-state index contributed by atoms with van der Waals surface area (Å²) in [5.74, 6) is 0. The lowest BCUT2D eigenvalue weighted by Crippen LogP contribution is -2.67. The summed E-state index contributed by atoms with van der Waals surface area (Å²) in [6.07, 6.45) is -0.349. The summed E-state index contributed by atoms with van der Waals surface area (Å²) in [4.78, 5) is 2.21. The number of alkyl halides is 1. The summed E-state index contributed by atoms with van der Waals surface area (Å²) < 4.78 is 36.2. The second-order valence-electron chi connectivity index (χ2n) is 10.8. The second-order valence-corrected chi connectivity index (χ2v) is 10.8. The molecule has 0 bridgehead atoms. The quantitative estimate of drug-likeness (QED) is 0.148. The molecule has 1 aliphatic heterocycles. The Balaban J connectivity index is 1.47. The molecule has 5 rings (SSSR count). The third-order valence-corrected chi connectivity index (χ3v) is 7.82. The van der Waals surface area contributed by atoms with Crippen molar-refractivity contribution in [2.75, 3.05) is 6.61 Å². The Bertz CT molecular complexity index is 1320. The van der Waals surface area contributed by atoms with E-state index in [0.29, 0.717) is 39.4 Å². The molecular formula is C37H40FNO3. The van der Waals surface area contributed by atoms with Gasteiger partial charge in [-0.1, -0.05) is 127 Å². The Morgan fingerprint density at radius 3 is 1.55 bits per heavy atom. The highest BCUT2D eigenvalue weighted by Crippen LogP contribution is 2.35. The van der Waals surface area contributed by atoms with E-state index in [0.717, 1.165) is 22.3 Å². The number of likely N-dealkylation sites (tertiary alicyclic amines) is 1. The molecule has 4 aromatic carbocycles. The lowest BCUT2D eigenvalue weighted by molar-refractivity contribution is -0.201. The van der Waals surface area contributed by atoms with Crippen molar-refractivity contribution in [3.05, 3.63) is 156 Å². The number of piperidine rings is 1. The first kappa shape index (κ1) is 29.9. The van der Waals surface area contributed by atoms with Crippen LogP contribution in [0.3, 0.4) is 0 Å². The van der Waals surface area contributed by atoms with Gasteiger partial charge in [-0.15, -0.1) is 6.58 Å². The largest absolute Gasteiger partial charge is 0.375 e. The number of halogens is 1. The fraction of sp³-hybridized carbons (Fsp3) is 0.297. The molecule has 5 atom stereocenters. The van der Waals surface area contributed by atoms with Gasteiger partial charge in [0.2, 0.25) is 0 Å². The maximum Gasteiger partial charge on any atom is 0.145 e. The van der Waals surface area contributed by atoms with Crippen LogP contribution < -0.4 is 0 Å². The summed E-state index contributed by atoms with van der Waals surface area (Å²) in [7, 11) is 0. The van der Waals surface area contributed by atoms with Crippen LogP contribution in [0.25, 0.3) is 0 Å². The van der Waals surface area contributed by atoms with Crippen molar-refractivity contribution in [3.63, 3.8) is 0 Å². The average molecular weight is 566 g/mol. The van der Waals surface area contributed by atoms with Crippen molar-refractivity contribution in [1.82, 2.24) is 4.90 Å².